The van der Waals surface area contributed by atoms with Crippen LogP contribution in [0.25, 0.3) is 0 Å². The Bertz CT molecular complexity index is 402. The Balaban J connectivity index is 0.00000361. The van der Waals surface area contributed by atoms with Crippen LogP contribution in [0.5, 0.6) is 11.5 Å². The van der Waals surface area contributed by atoms with Gasteiger partial charge in [0.25, 0.3) is 0 Å². The van der Waals surface area contributed by atoms with Crippen LogP contribution in [0.1, 0.15) is 39.7 Å². The van der Waals surface area contributed by atoms with Gasteiger partial charge in [-0.3, -0.25) is 0 Å². The molecule has 1 atom stereocenters. The van der Waals surface area contributed by atoms with Crippen molar-refractivity contribution >= 4 is 28.3 Å². The van der Waals surface area contributed by atoms with E-state index < -0.39 is 0 Å². The fourth-order valence-electron chi connectivity index (χ4n) is 1.71. The Hall–Kier alpha value is -0.450. The molecule has 0 fully saturated rings. The third kappa shape index (κ3) is 5.90. The number of halogens is 2. The maximum absolute atomic E-state index is 5.66. The number of hydrogen-bond donors (Lipinski definition) is 1. The predicted octanol–water partition coefficient (Wildman–Crippen LogP) is 4.56. The van der Waals surface area contributed by atoms with E-state index >= 15 is 0 Å². The third-order valence-electron chi connectivity index (χ3n) is 2.92. The average Bonchev–Trinajstić information content (AvgIpc) is 2.40. The topological polar surface area (TPSA) is 30.5 Å². The summed E-state index contributed by atoms with van der Waals surface area (Å²) in [5.74, 6) is 1.59. The Kier molecular flexibility index (Phi) is 10.1. The summed E-state index contributed by atoms with van der Waals surface area (Å²) in [4.78, 5) is 0. The van der Waals surface area contributed by atoms with Crippen LogP contribution in [0, 0.1) is 0 Å². The molecule has 20 heavy (non-hydrogen) atoms. The molecule has 1 N–H and O–H groups in total. The molecule has 5 heteroatoms. The predicted molar refractivity (Wildman–Crippen MR) is 90.3 cm³/mol. The highest BCUT2D eigenvalue weighted by molar-refractivity contribution is 9.10. The molecule has 0 heterocycles. The fourth-order valence-corrected chi connectivity index (χ4v) is 2.31. The van der Waals surface area contributed by atoms with Crippen molar-refractivity contribution in [3.05, 3.63) is 22.2 Å². The van der Waals surface area contributed by atoms with Gasteiger partial charge in [0, 0.05) is 12.6 Å². The van der Waals surface area contributed by atoms with Crippen molar-refractivity contribution < 1.29 is 9.47 Å². The van der Waals surface area contributed by atoms with Gasteiger partial charge in [-0.2, -0.15) is 0 Å². The molecule has 1 aromatic rings. The first-order valence-corrected chi connectivity index (χ1v) is 7.72. The molecule has 0 amide bonds. The Labute approximate surface area is 137 Å². The first-order chi connectivity index (χ1) is 9.12. The van der Waals surface area contributed by atoms with Crippen molar-refractivity contribution in [2.75, 3.05) is 13.2 Å². The lowest BCUT2D eigenvalue weighted by Crippen LogP contribution is -2.24. The first kappa shape index (κ1) is 19.6. The Morgan fingerprint density at radius 2 is 1.80 bits per heavy atom. The molecular weight excluding hydrogens is 342 g/mol. The number of rotatable bonds is 8. The number of benzene rings is 1. The van der Waals surface area contributed by atoms with Gasteiger partial charge in [0.2, 0.25) is 0 Å². The lowest BCUT2D eigenvalue weighted by atomic mass is 10.1. The minimum Gasteiger partial charge on any atom is -0.490 e. The van der Waals surface area contributed by atoms with E-state index in [9.17, 15) is 0 Å². The van der Waals surface area contributed by atoms with Gasteiger partial charge in [0.05, 0.1) is 17.7 Å². The summed E-state index contributed by atoms with van der Waals surface area (Å²) in [6, 6.07) is 4.65. The summed E-state index contributed by atoms with van der Waals surface area (Å²) in [5.41, 5.74) is 1.19. The minimum atomic E-state index is 0. The summed E-state index contributed by atoms with van der Waals surface area (Å²) in [6.07, 6.45) is 1.12. The van der Waals surface area contributed by atoms with E-state index in [1.54, 1.807) is 0 Å². The molecule has 1 rings (SSSR count). The van der Waals surface area contributed by atoms with Crippen LogP contribution in [-0.4, -0.2) is 19.3 Å². The van der Waals surface area contributed by atoms with Crippen molar-refractivity contribution in [2.24, 2.45) is 0 Å². The number of hydrogen-bond acceptors (Lipinski definition) is 3. The van der Waals surface area contributed by atoms with Crippen LogP contribution in [-0.2, 0) is 6.54 Å². The zero-order chi connectivity index (χ0) is 14.3. The van der Waals surface area contributed by atoms with E-state index in [2.05, 4.69) is 47.2 Å². The van der Waals surface area contributed by atoms with Crippen LogP contribution in [0.2, 0.25) is 0 Å². The van der Waals surface area contributed by atoms with Crippen LogP contribution in [0.3, 0.4) is 0 Å². The van der Waals surface area contributed by atoms with Gasteiger partial charge in [0.1, 0.15) is 0 Å². The standard InChI is InChI=1S/C15H24BrNO2.ClH/c1-5-11(4)17-10-12-8-13(16)15(19-7-3)14(9-12)18-6-2;/h8-9,11,17H,5-7,10H2,1-4H3;1H. The molecule has 0 aliphatic carbocycles. The minimum absolute atomic E-state index is 0. The molecule has 1 unspecified atom stereocenters. The number of nitrogens with one attached hydrogen (secondary N) is 1. The molecule has 0 radical (unpaired) electrons. The van der Waals surface area contributed by atoms with Gasteiger partial charge in [-0.05, 0) is 60.8 Å². The van der Waals surface area contributed by atoms with Gasteiger partial charge < -0.3 is 14.8 Å². The zero-order valence-electron chi connectivity index (χ0n) is 12.7. The second-order valence-corrected chi connectivity index (χ2v) is 5.32. The normalized spacial score (nSPS) is 11.7. The van der Waals surface area contributed by atoms with Crippen molar-refractivity contribution in [1.29, 1.82) is 0 Å². The van der Waals surface area contributed by atoms with Crippen molar-refractivity contribution in [3.8, 4) is 11.5 Å². The summed E-state index contributed by atoms with van der Waals surface area (Å²) < 4.78 is 12.2. The second-order valence-electron chi connectivity index (χ2n) is 4.46. The Morgan fingerprint density at radius 3 is 2.35 bits per heavy atom. The summed E-state index contributed by atoms with van der Waals surface area (Å²) >= 11 is 3.56. The molecule has 0 aliphatic heterocycles. The highest BCUT2D eigenvalue weighted by Gasteiger charge is 2.12. The molecule has 0 saturated carbocycles. The number of ether oxygens (including phenoxy) is 2. The van der Waals surface area contributed by atoms with Gasteiger partial charge >= 0.3 is 0 Å². The lowest BCUT2D eigenvalue weighted by Gasteiger charge is -2.16. The zero-order valence-corrected chi connectivity index (χ0v) is 15.1. The van der Waals surface area contributed by atoms with Crippen LogP contribution in [0.15, 0.2) is 16.6 Å². The van der Waals surface area contributed by atoms with E-state index in [0.29, 0.717) is 19.3 Å². The van der Waals surface area contributed by atoms with Crippen LogP contribution in [0.4, 0.5) is 0 Å². The van der Waals surface area contributed by atoms with Gasteiger partial charge in [-0.1, -0.05) is 6.92 Å². The highest BCUT2D eigenvalue weighted by Crippen LogP contribution is 2.36. The third-order valence-corrected chi connectivity index (χ3v) is 3.51. The highest BCUT2D eigenvalue weighted by atomic mass is 79.9. The largest absolute Gasteiger partial charge is 0.490 e. The lowest BCUT2D eigenvalue weighted by molar-refractivity contribution is 0.286. The van der Waals surface area contributed by atoms with Gasteiger partial charge in [-0.15, -0.1) is 12.4 Å². The monoisotopic (exact) mass is 365 g/mol. The molecule has 0 bridgehead atoms. The van der Waals surface area contributed by atoms with Crippen LogP contribution < -0.4 is 14.8 Å². The summed E-state index contributed by atoms with van der Waals surface area (Å²) in [7, 11) is 0. The average molecular weight is 367 g/mol. The van der Waals surface area contributed by atoms with E-state index in [1.807, 2.05) is 13.8 Å². The van der Waals surface area contributed by atoms with E-state index in [1.165, 1.54) is 5.56 Å². The molecular formula is C15H25BrClNO2. The summed E-state index contributed by atoms with van der Waals surface area (Å²) in [6.45, 7) is 10.4. The van der Waals surface area contributed by atoms with E-state index in [4.69, 9.17) is 9.47 Å². The fraction of sp³-hybridized carbons (Fsp3) is 0.600. The van der Waals surface area contributed by atoms with Crippen molar-refractivity contribution in [2.45, 2.75) is 46.7 Å². The molecule has 116 valence electrons. The van der Waals surface area contributed by atoms with E-state index in [0.717, 1.165) is 28.9 Å². The molecule has 0 spiro atoms. The van der Waals surface area contributed by atoms with Gasteiger partial charge in [-0.25, -0.2) is 0 Å². The van der Waals surface area contributed by atoms with Gasteiger partial charge in [0.15, 0.2) is 11.5 Å². The SMILES string of the molecule is CCOc1cc(CNC(C)CC)cc(Br)c1OCC.Cl. The second kappa shape index (κ2) is 10.3. The molecule has 0 aromatic heterocycles. The van der Waals surface area contributed by atoms with E-state index in [-0.39, 0.29) is 12.4 Å². The van der Waals surface area contributed by atoms with Crippen molar-refractivity contribution in [1.82, 2.24) is 5.32 Å². The molecule has 3 nitrogen and oxygen atoms in total. The van der Waals surface area contributed by atoms with Crippen molar-refractivity contribution in [3.63, 3.8) is 0 Å². The first-order valence-electron chi connectivity index (χ1n) is 6.93. The maximum atomic E-state index is 5.66. The maximum Gasteiger partial charge on any atom is 0.175 e. The van der Waals surface area contributed by atoms with Crippen LogP contribution >= 0.6 is 28.3 Å². The quantitative estimate of drug-likeness (QED) is 0.732. The Morgan fingerprint density at radius 1 is 1.15 bits per heavy atom. The molecule has 0 saturated heterocycles. The molecule has 1 aromatic carbocycles. The molecule has 0 aliphatic rings. The smallest absolute Gasteiger partial charge is 0.175 e. The summed E-state index contributed by atoms with van der Waals surface area (Å²) in [5, 5.41) is 3.48.